The summed E-state index contributed by atoms with van der Waals surface area (Å²) >= 11 is 0. The lowest BCUT2D eigenvalue weighted by molar-refractivity contribution is -0.243. The van der Waals surface area contributed by atoms with Crippen molar-refractivity contribution in [3.8, 4) is 0 Å². The van der Waals surface area contributed by atoms with Gasteiger partial charge in [-0.3, -0.25) is 0 Å². The smallest absolute Gasteiger partial charge is 0.219 e. The van der Waals surface area contributed by atoms with Crippen molar-refractivity contribution in [2.75, 3.05) is 12.4 Å². The van der Waals surface area contributed by atoms with Crippen molar-refractivity contribution in [3.05, 3.63) is 0 Å². The predicted molar refractivity (Wildman–Crippen MR) is 43.5 cm³/mol. The first-order valence-electron chi connectivity index (χ1n) is 4.00. The van der Waals surface area contributed by atoms with Gasteiger partial charge in [0, 0.05) is 0 Å². The Morgan fingerprint density at radius 2 is 1.93 bits per heavy atom. The standard InChI is InChI=1S/C6H12O8S/c7-2-6(10)5(9)4(8)3(14-6)1-15(11,12)13/h3-5,7-10H,1-2H2,(H,11,12,13)/p-1/t3-,4-,5+,6?/m1/s1. The Morgan fingerprint density at radius 3 is 2.27 bits per heavy atom. The van der Waals surface area contributed by atoms with Gasteiger partial charge in [0.05, 0.1) is 22.5 Å². The molecule has 0 spiro atoms. The largest absolute Gasteiger partial charge is 0.748 e. The minimum absolute atomic E-state index is 1.03. The van der Waals surface area contributed by atoms with Gasteiger partial charge in [-0.2, -0.15) is 0 Å². The van der Waals surface area contributed by atoms with Crippen molar-refractivity contribution in [3.63, 3.8) is 0 Å². The summed E-state index contributed by atoms with van der Waals surface area (Å²) in [5, 5.41) is 36.4. The number of rotatable bonds is 3. The Morgan fingerprint density at radius 1 is 1.40 bits per heavy atom. The van der Waals surface area contributed by atoms with Crippen LogP contribution in [0.25, 0.3) is 0 Å². The molecule has 0 aromatic rings. The molecule has 90 valence electrons. The first kappa shape index (κ1) is 12.8. The molecular weight excluding hydrogens is 232 g/mol. The van der Waals surface area contributed by atoms with Crippen molar-refractivity contribution in [1.82, 2.24) is 0 Å². The van der Waals surface area contributed by atoms with Gasteiger partial charge < -0.3 is 29.7 Å². The second-order valence-electron chi connectivity index (χ2n) is 3.32. The van der Waals surface area contributed by atoms with Crippen LogP contribution in [-0.4, -0.2) is 69.9 Å². The van der Waals surface area contributed by atoms with E-state index in [1.54, 1.807) is 0 Å². The number of hydrogen-bond acceptors (Lipinski definition) is 8. The molecule has 0 saturated carbocycles. The SMILES string of the molecule is O=S(=O)([O-])C[C@H]1OC(O)(CO)[C@@H](O)[C@@H]1O. The van der Waals surface area contributed by atoms with Gasteiger partial charge in [-0.15, -0.1) is 0 Å². The van der Waals surface area contributed by atoms with Crippen LogP contribution in [0.15, 0.2) is 0 Å². The quantitative estimate of drug-likeness (QED) is 0.371. The van der Waals surface area contributed by atoms with E-state index >= 15 is 0 Å². The molecule has 0 radical (unpaired) electrons. The summed E-state index contributed by atoms with van der Waals surface area (Å²) in [6.45, 7) is -1.03. The lowest BCUT2D eigenvalue weighted by Crippen LogP contribution is -2.46. The summed E-state index contributed by atoms with van der Waals surface area (Å²) in [4.78, 5) is 0. The van der Waals surface area contributed by atoms with Crippen LogP contribution in [-0.2, 0) is 14.9 Å². The zero-order chi connectivity index (χ0) is 11.9. The van der Waals surface area contributed by atoms with Crippen molar-refractivity contribution in [1.29, 1.82) is 0 Å². The van der Waals surface area contributed by atoms with Crippen LogP contribution < -0.4 is 0 Å². The molecule has 1 aliphatic heterocycles. The maximum absolute atomic E-state index is 10.4. The third-order valence-electron chi connectivity index (χ3n) is 2.12. The van der Waals surface area contributed by atoms with E-state index in [4.69, 9.17) is 5.11 Å². The molecule has 1 saturated heterocycles. The van der Waals surface area contributed by atoms with Crippen molar-refractivity contribution in [2.45, 2.75) is 24.1 Å². The van der Waals surface area contributed by atoms with Gasteiger partial charge in [-0.05, 0) is 0 Å². The first-order valence-corrected chi connectivity index (χ1v) is 5.58. The number of hydrogen-bond donors (Lipinski definition) is 4. The molecule has 8 nitrogen and oxygen atoms in total. The topological polar surface area (TPSA) is 147 Å². The van der Waals surface area contributed by atoms with Crippen molar-refractivity contribution >= 4 is 10.1 Å². The van der Waals surface area contributed by atoms with Crippen LogP contribution in [0.4, 0.5) is 0 Å². The van der Waals surface area contributed by atoms with Gasteiger partial charge in [-0.1, -0.05) is 0 Å². The summed E-state index contributed by atoms with van der Waals surface area (Å²) in [7, 11) is -4.66. The highest BCUT2D eigenvalue weighted by atomic mass is 32.2. The highest BCUT2D eigenvalue weighted by Crippen LogP contribution is 2.29. The van der Waals surface area contributed by atoms with E-state index in [2.05, 4.69) is 4.74 Å². The number of aliphatic hydroxyl groups is 4. The maximum atomic E-state index is 10.4. The molecule has 0 amide bonds. The molecule has 1 heterocycles. The van der Waals surface area contributed by atoms with Gasteiger partial charge in [-0.25, -0.2) is 8.42 Å². The summed E-state index contributed by atoms with van der Waals surface area (Å²) < 4.78 is 35.6. The van der Waals surface area contributed by atoms with Crippen LogP contribution in [0.5, 0.6) is 0 Å². The van der Waals surface area contributed by atoms with Gasteiger partial charge in [0.15, 0.2) is 0 Å². The Bertz CT molecular complexity index is 326. The minimum atomic E-state index is -4.66. The van der Waals surface area contributed by atoms with E-state index in [1.807, 2.05) is 0 Å². The summed E-state index contributed by atoms with van der Waals surface area (Å²) in [5.41, 5.74) is 0. The zero-order valence-corrected chi connectivity index (χ0v) is 8.29. The molecule has 1 fully saturated rings. The van der Waals surface area contributed by atoms with E-state index < -0.39 is 46.6 Å². The number of ether oxygens (including phenoxy) is 1. The second-order valence-corrected chi connectivity index (χ2v) is 4.77. The summed E-state index contributed by atoms with van der Waals surface area (Å²) in [6, 6.07) is 0. The first-order chi connectivity index (χ1) is 6.69. The second kappa shape index (κ2) is 3.94. The van der Waals surface area contributed by atoms with Crippen LogP contribution >= 0.6 is 0 Å². The molecule has 9 heteroatoms. The molecule has 1 unspecified atom stereocenters. The Balaban J connectivity index is 2.80. The average molecular weight is 243 g/mol. The molecule has 0 bridgehead atoms. The normalized spacial score (nSPS) is 42.1. The zero-order valence-electron chi connectivity index (χ0n) is 7.48. The molecular formula is C6H11O8S-. The Kier molecular flexibility index (Phi) is 3.36. The molecule has 0 aliphatic carbocycles. The fourth-order valence-electron chi connectivity index (χ4n) is 1.34. The molecule has 1 rings (SSSR count). The van der Waals surface area contributed by atoms with E-state index in [0.29, 0.717) is 0 Å². The fraction of sp³-hybridized carbons (Fsp3) is 1.00. The average Bonchev–Trinajstić information content (AvgIpc) is 2.29. The van der Waals surface area contributed by atoms with E-state index in [9.17, 15) is 28.3 Å². The van der Waals surface area contributed by atoms with Crippen LogP contribution in [0.3, 0.4) is 0 Å². The summed E-state index contributed by atoms with van der Waals surface area (Å²) in [5.74, 6) is -3.53. The van der Waals surface area contributed by atoms with Crippen LogP contribution in [0, 0.1) is 0 Å². The third-order valence-corrected chi connectivity index (χ3v) is 2.85. The number of aliphatic hydroxyl groups excluding tert-OH is 3. The van der Waals surface area contributed by atoms with Crippen LogP contribution in [0.2, 0.25) is 0 Å². The third kappa shape index (κ3) is 2.64. The highest BCUT2D eigenvalue weighted by Gasteiger charge is 2.53. The highest BCUT2D eigenvalue weighted by molar-refractivity contribution is 7.85. The predicted octanol–water partition coefficient (Wildman–Crippen LogP) is -3.67. The lowest BCUT2D eigenvalue weighted by atomic mass is 10.1. The molecule has 0 aromatic carbocycles. The molecule has 4 atom stereocenters. The Hall–Kier alpha value is -0.290. The molecule has 1 aliphatic rings. The maximum Gasteiger partial charge on any atom is 0.219 e. The lowest BCUT2D eigenvalue weighted by Gasteiger charge is -2.23. The van der Waals surface area contributed by atoms with Gasteiger partial charge in [0.2, 0.25) is 5.79 Å². The Labute approximate surface area is 85.5 Å². The minimum Gasteiger partial charge on any atom is -0.748 e. The van der Waals surface area contributed by atoms with Gasteiger partial charge >= 0.3 is 0 Å². The molecule has 4 N–H and O–H groups in total. The van der Waals surface area contributed by atoms with Gasteiger partial charge in [0.25, 0.3) is 0 Å². The van der Waals surface area contributed by atoms with Crippen molar-refractivity contribution in [2.24, 2.45) is 0 Å². The monoisotopic (exact) mass is 243 g/mol. The van der Waals surface area contributed by atoms with Crippen LogP contribution in [0.1, 0.15) is 0 Å². The van der Waals surface area contributed by atoms with Crippen molar-refractivity contribution < 1.29 is 38.1 Å². The van der Waals surface area contributed by atoms with E-state index in [-0.39, 0.29) is 0 Å². The van der Waals surface area contributed by atoms with E-state index in [1.165, 1.54) is 0 Å². The molecule has 0 aromatic heterocycles. The van der Waals surface area contributed by atoms with Gasteiger partial charge in [0.1, 0.15) is 18.3 Å². The van der Waals surface area contributed by atoms with E-state index in [0.717, 1.165) is 0 Å². The summed E-state index contributed by atoms with van der Waals surface area (Å²) in [6.07, 6.45) is -5.17. The fourth-order valence-corrected chi connectivity index (χ4v) is 2.00. The molecule has 15 heavy (non-hydrogen) atoms.